The van der Waals surface area contributed by atoms with Crippen molar-refractivity contribution in [2.75, 3.05) is 0 Å². The molecule has 0 radical (unpaired) electrons. The van der Waals surface area contributed by atoms with E-state index in [9.17, 15) is 14.7 Å². The Labute approximate surface area is 123 Å². The van der Waals surface area contributed by atoms with Crippen LogP contribution in [0.4, 0.5) is 0 Å². The Morgan fingerprint density at radius 2 is 2.00 bits per heavy atom. The summed E-state index contributed by atoms with van der Waals surface area (Å²) in [6.07, 6.45) is 2.29. The van der Waals surface area contributed by atoms with Gasteiger partial charge >= 0.3 is 5.97 Å². The van der Waals surface area contributed by atoms with Crippen LogP contribution in [-0.2, 0) is 4.79 Å². The fraction of sp³-hybridized carbons (Fsp3) is 0.312. The number of fused-ring (bicyclic) bond motifs is 1. The molecule has 0 aliphatic carbocycles. The number of rotatable bonds is 5. The van der Waals surface area contributed by atoms with Gasteiger partial charge in [-0.1, -0.05) is 38.5 Å². The number of carboxylic acid groups (broad SMARTS) is 1. The van der Waals surface area contributed by atoms with Gasteiger partial charge in [0, 0.05) is 11.6 Å². The summed E-state index contributed by atoms with van der Waals surface area (Å²) < 4.78 is 0. The second kappa shape index (κ2) is 6.35. The smallest absolute Gasteiger partial charge is 0.326 e. The lowest BCUT2D eigenvalue weighted by molar-refractivity contribution is -0.140. The molecule has 5 heteroatoms. The summed E-state index contributed by atoms with van der Waals surface area (Å²) in [6, 6.07) is 8.04. The quantitative estimate of drug-likeness (QED) is 0.885. The fourth-order valence-corrected chi connectivity index (χ4v) is 2.19. The second-order valence-electron chi connectivity index (χ2n) is 5.06. The Balaban J connectivity index is 2.32. The number of aromatic nitrogens is 1. The topological polar surface area (TPSA) is 79.3 Å². The van der Waals surface area contributed by atoms with E-state index >= 15 is 0 Å². The summed E-state index contributed by atoms with van der Waals surface area (Å²) in [5.41, 5.74) is 0.966. The average Bonchev–Trinajstić information content (AvgIpc) is 2.50. The van der Waals surface area contributed by atoms with Crippen LogP contribution in [-0.4, -0.2) is 28.0 Å². The summed E-state index contributed by atoms with van der Waals surface area (Å²) >= 11 is 0. The minimum Gasteiger partial charge on any atom is -0.480 e. The molecule has 21 heavy (non-hydrogen) atoms. The molecule has 2 rings (SSSR count). The Kier molecular flexibility index (Phi) is 4.52. The first-order valence-corrected chi connectivity index (χ1v) is 6.92. The molecule has 2 aromatic rings. The molecule has 110 valence electrons. The van der Waals surface area contributed by atoms with Gasteiger partial charge in [-0.2, -0.15) is 0 Å². The van der Waals surface area contributed by atoms with Crippen molar-refractivity contribution >= 4 is 22.8 Å². The number of benzene rings is 1. The number of hydrogen-bond acceptors (Lipinski definition) is 3. The monoisotopic (exact) mass is 286 g/mol. The molecule has 5 nitrogen and oxygen atoms in total. The van der Waals surface area contributed by atoms with E-state index in [1.165, 1.54) is 0 Å². The van der Waals surface area contributed by atoms with E-state index in [2.05, 4.69) is 10.3 Å². The second-order valence-corrected chi connectivity index (χ2v) is 5.06. The van der Waals surface area contributed by atoms with Crippen molar-refractivity contribution in [2.24, 2.45) is 5.92 Å². The van der Waals surface area contributed by atoms with Gasteiger partial charge in [0.25, 0.3) is 5.91 Å². The van der Waals surface area contributed by atoms with Crippen LogP contribution in [0.1, 0.15) is 30.6 Å². The predicted octanol–water partition coefficient (Wildman–Crippen LogP) is 2.46. The lowest BCUT2D eigenvalue weighted by Crippen LogP contribution is -2.45. The highest BCUT2D eigenvalue weighted by Gasteiger charge is 2.26. The van der Waals surface area contributed by atoms with Crippen molar-refractivity contribution in [3.63, 3.8) is 0 Å². The van der Waals surface area contributed by atoms with E-state index in [-0.39, 0.29) is 5.92 Å². The average molecular weight is 286 g/mol. The van der Waals surface area contributed by atoms with Crippen LogP contribution in [0.25, 0.3) is 10.9 Å². The predicted molar refractivity (Wildman–Crippen MR) is 80.1 cm³/mol. The molecule has 1 heterocycles. The van der Waals surface area contributed by atoms with E-state index in [4.69, 9.17) is 0 Å². The van der Waals surface area contributed by atoms with Crippen molar-refractivity contribution in [1.29, 1.82) is 0 Å². The van der Waals surface area contributed by atoms with Crippen LogP contribution in [0.3, 0.4) is 0 Å². The van der Waals surface area contributed by atoms with E-state index in [1.807, 2.05) is 19.1 Å². The van der Waals surface area contributed by atoms with Gasteiger partial charge in [-0.15, -0.1) is 0 Å². The van der Waals surface area contributed by atoms with Gasteiger partial charge in [0.2, 0.25) is 0 Å². The number of nitrogens with one attached hydrogen (secondary N) is 1. The van der Waals surface area contributed by atoms with Crippen molar-refractivity contribution in [1.82, 2.24) is 10.3 Å². The number of carboxylic acids is 1. The van der Waals surface area contributed by atoms with Gasteiger partial charge in [0.15, 0.2) is 0 Å². The van der Waals surface area contributed by atoms with Crippen molar-refractivity contribution in [3.8, 4) is 0 Å². The van der Waals surface area contributed by atoms with Crippen molar-refractivity contribution in [2.45, 2.75) is 26.3 Å². The normalized spacial score (nSPS) is 13.6. The van der Waals surface area contributed by atoms with Gasteiger partial charge in [-0.05, 0) is 18.1 Å². The van der Waals surface area contributed by atoms with E-state index in [0.29, 0.717) is 17.5 Å². The first-order chi connectivity index (χ1) is 10.0. The first kappa shape index (κ1) is 15.0. The van der Waals surface area contributed by atoms with Crippen LogP contribution in [0.2, 0.25) is 0 Å². The number of pyridine rings is 1. The zero-order valence-electron chi connectivity index (χ0n) is 12.0. The number of amides is 1. The third kappa shape index (κ3) is 3.18. The standard InChI is InChI=1S/C16H18N2O3/c1-3-10(2)13(16(20)21)18-15(19)12-8-4-6-11-7-5-9-17-14(11)12/h4-10,13H,3H2,1-2H3,(H,18,19)(H,20,21). The van der Waals surface area contributed by atoms with Crippen LogP contribution in [0.5, 0.6) is 0 Å². The third-order valence-electron chi connectivity index (χ3n) is 3.64. The van der Waals surface area contributed by atoms with E-state index in [1.54, 1.807) is 31.3 Å². The molecule has 0 saturated carbocycles. The van der Waals surface area contributed by atoms with Gasteiger partial charge < -0.3 is 10.4 Å². The highest BCUT2D eigenvalue weighted by atomic mass is 16.4. The summed E-state index contributed by atoms with van der Waals surface area (Å²) in [4.78, 5) is 27.9. The Morgan fingerprint density at radius 3 is 2.67 bits per heavy atom. The maximum atomic E-state index is 12.4. The number of hydrogen-bond donors (Lipinski definition) is 2. The molecular formula is C16H18N2O3. The van der Waals surface area contributed by atoms with Gasteiger partial charge in [0.05, 0.1) is 11.1 Å². The molecule has 2 N–H and O–H groups in total. The SMILES string of the molecule is CCC(C)C(NC(=O)c1cccc2cccnc12)C(=O)O. The Hall–Kier alpha value is -2.43. The third-order valence-corrected chi connectivity index (χ3v) is 3.64. The highest BCUT2D eigenvalue weighted by Crippen LogP contribution is 2.17. The van der Waals surface area contributed by atoms with Crippen LogP contribution >= 0.6 is 0 Å². The molecule has 2 atom stereocenters. The molecule has 1 aromatic carbocycles. The minimum absolute atomic E-state index is 0.144. The van der Waals surface area contributed by atoms with Crippen molar-refractivity contribution in [3.05, 3.63) is 42.1 Å². The molecule has 0 fully saturated rings. The molecule has 0 saturated heterocycles. The zero-order valence-corrected chi connectivity index (χ0v) is 12.0. The summed E-state index contributed by atoms with van der Waals surface area (Å²) in [5.74, 6) is -1.58. The lowest BCUT2D eigenvalue weighted by atomic mass is 9.98. The maximum absolute atomic E-state index is 12.4. The number of carbonyl (C=O) groups excluding carboxylic acids is 1. The summed E-state index contributed by atoms with van der Waals surface area (Å²) in [6.45, 7) is 3.70. The highest BCUT2D eigenvalue weighted by molar-refractivity contribution is 6.06. The van der Waals surface area contributed by atoms with E-state index < -0.39 is 17.9 Å². The van der Waals surface area contributed by atoms with Crippen LogP contribution in [0, 0.1) is 5.92 Å². The molecule has 1 aromatic heterocycles. The molecule has 0 spiro atoms. The molecule has 0 aliphatic heterocycles. The van der Waals surface area contributed by atoms with Gasteiger partial charge in [-0.3, -0.25) is 9.78 Å². The van der Waals surface area contributed by atoms with Crippen LogP contribution < -0.4 is 5.32 Å². The number of para-hydroxylation sites is 1. The number of nitrogens with zero attached hydrogens (tertiary/aromatic N) is 1. The van der Waals surface area contributed by atoms with E-state index in [0.717, 1.165) is 5.39 Å². The lowest BCUT2D eigenvalue weighted by Gasteiger charge is -2.20. The fourth-order valence-electron chi connectivity index (χ4n) is 2.19. The molecule has 2 unspecified atom stereocenters. The molecule has 1 amide bonds. The number of carbonyl (C=O) groups is 2. The zero-order chi connectivity index (χ0) is 15.4. The Morgan fingerprint density at radius 1 is 1.29 bits per heavy atom. The largest absolute Gasteiger partial charge is 0.480 e. The number of aliphatic carboxylic acids is 1. The minimum atomic E-state index is -1.02. The first-order valence-electron chi connectivity index (χ1n) is 6.92. The van der Waals surface area contributed by atoms with Gasteiger partial charge in [-0.25, -0.2) is 4.79 Å². The molecule has 0 bridgehead atoms. The molecular weight excluding hydrogens is 268 g/mol. The van der Waals surface area contributed by atoms with Crippen molar-refractivity contribution < 1.29 is 14.7 Å². The Bertz CT molecular complexity index is 664. The maximum Gasteiger partial charge on any atom is 0.326 e. The summed E-state index contributed by atoms with van der Waals surface area (Å²) in [7, 11) is 0. The summed E-state index contributed by atoms with van der Waals surface area (Å²) in [5, 5.41) is 12.7. The van der Waals surface area contributed by atoms with Gasteiger partial charge in [0.1, 0.15) is 6.04 Å². The molecule has 0 aliphatic rings. The van der Waals surface area contributed by atoms with Crippen LogP contribution in [0.15, 0.2) is 36.5 Å².